The lowest BCUT2D eigenvalue weighted by Gasteiger charge is -2.21. The van der Waals surface area contributed by atoms with Gasteiger partial charge in [0.1, 0.15) is 5.82 Å². The number of hydrogen-bond acceptors (Lipinski definition) is 5. The molecule has 0 aliphatic rings. The summed E-state index contributed by atoms with van der Waals surface area (Å²) in [5, 5.41) is 2.38. The Morgan fingerprint density at radius 3 is 2.62 bits per heavy atom. The molecule has 0 aliphatic heterocycles. The maximum absolute atomic E-state index is 14.4. The van der Waals surface area contributed by atoms with Crippen LogP contribution in [0.5, 0.6) is 0 Å². The van der Waals surface area contributed by atoms with Gasteiger partial charge < -0.3 is 9.05 Å². The molecule has 0 radical (unpaired) electrons. The summed E-state index contributed by atoms with van der Waals surface area (Å²) in [4.78, 5) is 3.45. The van der Waals surface area contributed by atoms with Crippen molar-refractivity contribution >= 4 is 19.1 Å². The van der Waals surface area contributed by atoms with Crippen LogP contribution in [0, 0.1) is 5.82 Å². The molecule has 0 bridgehead atoms. The molecule has 1 atom stereocenters. The van der Waals surface area contributed by atoms with Crippen molar-refractivity contribution in [1.29, 1.82) is 0 Å². The van der Waals surface area contributed by atoms with Crippen LogP contribution in [0.4, 0.5) is 13.2 Å². The monoisotopic (exact) mass is 411 g/mol. The topological polar surface area (TPSA) is 77.2 Å². The second kappa shape index (κ2) is 8.08. The molecule has 2 aromatic rings. The van der Waals surface area contributed by atoms with Crippen molar-refractivity contribution in [2.75, 3.05) is 6.61 Å². The summed E-state index contributed by atoms with van der Waals surface area (Å²) >= 11 is 4.80. The molecule has 1 aromatic carbocycles. The van der Waals surface area contributed by atoms with Gasteiger partial charge in [-0.1, -0.05) is 17.3 Å². The smallest absolute Gasteiger partial charge is 0.331 e. The van der Waals surface area contributed by atoms with Crippen LogP contribution in [0.2, 0.25) is 0 Å². The van der Waals surface area contributed by atoms with Crippen molar-refractivity contribution in [2.45, 2.75) is 38.4 Å². The van der Waals surface area contributed by atoms with Gasteiger partial charge in [0.2, 0.25) is 5.82 Å². The van der Waals surface area contributed by atoms with Gasteiger partial charge in [0.05, 0.1) is 12.8 Å². The Balaban J connectivity index is 2.26. The van der Waals surface area contributed by atoms with Crippen molar-refractivity contribution in [1.82, 2.24) is 15.2 Å². The second-order valence-electron chi connectivity index (χ2n) is 5.76. The Morgan fingerprint density at radius 1 is 1.42 bits per heavy atom. The van der Waals surface area contributed by atoms with Gasteiger partial charge in [-0.25, -0.2) is 9.48 Å². The van der Waals surface area contributed by atoms with E-state index >= 15 is 0 Å². The molecule has 0 saturated carbocycles. The van der Waals surface area contributed by atoms with Crippen molar-refractivity contribution in [3.05, 3.63) is 35.5 Å². The van der Waals surface area contributed by atoms with Gasteiger partial charge in [-0.3, -0.25) is 4.57 Å². The lowest BCUT2D eigenvalue weighted by atomic mass is 10.1. The van der Waals surface area contributed by atoms with E-state index in [4.69, 9.17) is 16.1 Å². The summed E-state index contributed by atoms with van der Waals surface area (Å²) in [6, 6.07) is 3.70. The SMILES string of the molecule is CCOP(=O)(Cc1ccc(-c2noc(C(F)(F)Cl)n2)cc1F)NC(C)C. The molecule has 144 valence electrons. The number of aromatic nitrogens is 2. The average Bonchev–Trinajstić information content (AvgIpc) is 2.98. The fraction of sp³-hybridized carbons (Fsp3) is 0.467. The molecular weight excluding hydrogens is 394 g/mol. The largest absolute Gasteiger partial charge is 0.400 e. The Hall–Kier alpha value is -1.41. The van der Waals surface area contributed by atoms with E-state index < -0.39 is 24.6 Å². The molecule has 0 spiro atoms. The maximum Gasteiger partial charge on any atom is 0.400 e. The number of halogens is 4. The zero-order chi connectivity index (χ0) is 19.5. The minimum absolute atomic E-state index is 0.116. The first-order chi connectivity index (χ1) is 12.0. The fourth-order valence-electron chi connectivity index (χ4n) is 2.23. The van der Waals surface area contributed by atoms with Crippen LogP contribution in [0.3, 0.4) is 0 Å². The first kappa shape index (κ1) is 20.9. The van der Waals surface area contributed by atoms with Crippen LogP contribution < -0.4 is 5.09 Å². The fourth-order valence-corrected chi connectivity index (χ4v) is 4.47. The summed E-state index contributed by atoms with van der Waals surface area (Å²) in [7, 11) is -3.29. The first-order valence-corrected chi connectivity index (χ1v) is 9.94. The minimum Gasteiger partial charge on any atom is -0.331 e. The Bertz CT molecular complexity index is 811. The van der Waals surface area contributed by atoms with Gasteiger partial charge >= 0.3 is 11.3 Å². The molecule has 0 fully saturated rings. The van der Waals surface area contributed by atoms with Crippen LogP contribution >= 0.6 is 19.1 Å². The third-order valence-electron chi connectivity index (χ3n) is 3.15. The van der Waals surface area contributed by atoms with E-state index in [1.807, 2.05) is 0 Å². The quantitative estimate of drug-likeness (QED) is 0.492. The molecule has 1 heterocycles. The summed E-state index contributed by atoms with van der Waals surface area (Å²) in [6.45, 7) is 5.49. The van der Waals surface area contributed by atoms with Gasteiger partial charge in [-0.05, 0) is 44.0 Å². The molecule has 1 aromatic heterocycles. The number of alkyl halides is 3. The summed E-state index contributed by atoms with van der Waals surface area (Å²) in [5.41, 5.74) is 0.260. The lowest BCUT2D eigenvalue weighted by molar-refractivity contribution is 0.0551. The molecule has 0 amide bonds. The van der Waals surface area contributed by atoms with Crippen molar-refractivity contribution in [2.24, 2.45) is 0 Å². The highest BCUT2D eigenvalue weighted by molar-refractivity contribution is 7.56. The first-order valence-electron chi connectivity index (χ1n) is 7.75. The Morgan fingerprint density at radius 2 is 2.12 bits per heavy atom. The summed E-state index contributed by atoms with van der Waals surface area (Å²) in [5.74, 6) is -2.02. The molecule has 0 saturated heterocycles. The minimum atomic E-state index is -3.81. The summed E-state index contributed by atoms with van der Waals surface area (Å²) < 4.78 is 62.7. The highest BCUT2D eigenvalue weighted by Crippen LogP contribution is 2.47. The third-order valence-corrected chi connectivity index (χ3v) is 5.65. The van der Waals surface area contributed by atoms with Crippen LogP contribution in [0.15, 0.2) is 22.7 Å². The Labute approximate surface area is 153 Å². The lowest BCUT2D eigenvalue weighted by Crippen LogP contribution is -2.22. The molecule has 26 heavy (non-hydrogen) atoms. The number of benzene rings is 1. The average molecular weight is 412 g/mol. The van der Waals surface area contributed by atoms with E-state index in [0.717, 1.165) is 6.07 Å². The molecule has 1 unspecified atom stereocenters. The van der Waals surface area contributed by atoms with Crippen LogP contribution in [0.1, 0.15) is 32.2 Å². The zero-order valence-corrected chi connectivity index (χ0v) is 16.0. The van der Waals surface area contributed by atoms with E-state index in [1.54, 1.807) is 20.8 Å². The normalized spacial score (nSPS) is 14.6. The van der Waals surface area contributed by atoms with Crippen LogP contribution in [-0.4, -0.2) is 22.8 Å². The number of hydrogen-bond donors (Lipinski definition) is 1. The number of nitrogens with zero attached hydrogens (tertiary/aromatic N) is 2. The summed E-state index contributed by atoms with van der Waals surface area (Å²) in [6.07, 6.45) is -0.164. The highest BCUT2D eigenvalue weighted by Gasteiger charge is 2.36. The predicted molar refractivity (Wildman–Crippen MR) is 90.6 cm³/mol. The van der Waals surface area contributed by atoms with Gasteiger partial charge in [0.15, 0.2) is 0 Å². The molecule has 2 rings (SSSR count). The van der Waals surface area contributed by atoms with Crippen molar-refractivity contribution < 1.29 is 26.8 Å². The number of rotatable bonds is 8. The van der Waals surface area contributed by atoms with E-state index in [2.05, 4.69) is 19.8 Å². The van der Waals surface area contributed by atoms with Crippen LogP contribution in [0.25, 0.3) is 11.4 Å². The van der Waals surface area contributed by atoms with Crippen molar-refractivity contribution in [3.8, 4) is 11.4 Å². The third kappa shape index (κ3) is 5.30. The molecule has 6 nitrogen and oxygen atoms in total. The molecule has 1 N–H and O–H groups in total. The Kier molecular flexibility index (Phi) is 6.50. The van der Waals surface area contributed by atoms with E-state index in [-0.39, 0.29) is 35.8 Å². The van der Waals surface area contributed by atoms with Crippen molar-refractivity contribution in [3.63, 3.8) is 0 Å². The van der Waals surface area contributed by atoms with E-state index in [1.165, 1.54) is 12.1 Å². The maximum atomic E-state index is 14.4. The second-order valence-corrected chi connectivity index (χ2v) is 8.41. The van der Waals surface area contributed by atoms with Crippen LogP contribution in [-0.2, 0) is 20.6 Å². The van der Waals surface area contributed by atoms with Gasteiger partial charge in [0.25, 0.3) is 7.52 Å². The zero-order valence-electron chi connectivity index (χ0n) is 14.3. The van der Waals surface area contributed by atoms with Gasteiger partial charge in [-0.15, -0.1) is 0 Å². The van der Waals surface area contributed by atoms with E-state index in [9.17, 15) is 17.7 Å². The highest BCUT2D eigenvalue weighted by atomic mass is 35.5. The molecule has 0 aliphatic carbocycles. The molecule has 11 heteroatoms. The van der Waals surface area contributed by atoms with E-state index in [0.29, 0.717) is 0 Å². The number of nitrogens with one attached hydrogen (secondary N) is 1. The predicted octanol–water partition coefficient (Wildman–Crippen LogP) is 4.89. The standard InChI is InChI=1S/C15H18ClF3N3O3P/c1-4-24-26(23,22-9(2)3)8-11-6-5-10(7-12(11)17)13-20-14(25-21-13)15(16,18)19/h5-7,9H,4,8H2,1-3H3,(H,22,23). The van der Waals surface area contributed by atoms with Gasteiger partial charge in [0, 0.05) is 11.6 Å². The van der Waals surface area contributed by atoms with Gasteiger partial charge in [-0.2, -0.15) is 13.8 Å². The molecular formula is C15H18ClF3N3O3P.